The van der Waals surface area contributed by atoms with Crippen LogP contribution in [0, 0.1) is 0 Å². The van der Waals surface area contributed by atoms with Gasteiger partial charge in [-0.1, -0.05) is 34.1 Å². The van der Waals surface area contributed by atoms with Crippen LogP contribution in [0.5, 0.6) is 0 Å². The fourth-order valence-electron chi connectivity index (χ4n) is 2.82. The summed E-state index contributed by atoms with van der Waals surface area (Å²) in [5, 5.41) is 13.0. The maximum Gasteiger partial charge on any atom is 0.280 e. The van der Waals surface area contributed by atoms with E-state index in [1.165, 1.54) is 0 Å². The molecule has 0 bridgehead atoms. The van der Waals surface area contributed by atoms with E-state index in [2.05, 4.69) is 30.4 Å². The van der Waals surface area contributed by atoms with Crippen LogP contribution in [-0.2, 0) is 6.54 Å². The number of halogens is 1. The summed E-state index contributed by atoms with van der Waals surface area (Å²) in [6.45, 7) is 0.547. The van der Waals surface area contributed by atoms with Crippen LogP contribution in [0.4, 0.5) is 0 Å². The van der Waals surface area contributed by atoms with E-state index < -0.39 is 0 Å². The minimum Gasteiger partial charge on any atom is -0.345 e. The number of benzene rings is 2. The summed E-state index contributed by atoms with van der Waals surface area (Å²) in [6.07, 6.45) is 3.41. The summed E-state index contributed by atoms with van der Waals surface area (Å²) >= 11 is 6.02. The lowest BCUT2D eigenvalue weighted by molar-refractivity contribution is 0.431. The second kappa shape index (κ2) is 6.33. The summed E-state index contributed by atoms with van der Waals surface area (Å²) < 4.78 is 7.05. The number of hydrogen-bond acceptors (Lipinski definition) is 6. The van der Waals surface area contributed by atoms with Crippen LogP contribution in [-0.4, -0.2) is 35.1 Å². The lowest BCUT2D eigenvalue weighted by atomic mass is 10.2. The van der Waals surface area contributed by atoms with Crippen molar-refractivity contribution in [3.05, 3.63) is 65.6 Å². The average molecular weight is 378 g/mol. The lowest BCUT2D eigenvalue weighted by Gasteiger charge is -2.00. The van der Waals surface area contributed by atoms with Crippen molar-refractivity contribution in [3.8, 4) is 23.0 Å². The first kappa shape index (κ1) is 15.7. The Labute approximate surface area is 157 Å². The molecule has 0 spiro atoms. The fourth-order valence-corrected chi connectivity index (χ4v) is 3.03. The summed E-state index contributed by atoms with van der Waals surface area (Å²) in [7, 11) is 0. The van der Waals surface area contributed by atoms with E-state index in [1.807, 2.05) is 42.5 Å². The molecular formula is C18H12ClN7O. The van der Waals surface area contributed by atoms with Gasteiger partial charge in [-0.2, -0.15) is 4.98 Å². The predicted octanol–water partition coefficient (Wildman–Crippen LogP) is 3.57. The average Bonchev–Trinajstić information content (AvgIpc) is 3.41. The van der Waals surface area contributed by atoms with E-state index in [9.17, 15) is 0 Å². The Morgan fingerprint density at radius 2 is 2.11 bits per heavy atom. The first-order chi connectivity index (χ1) is 13.2. The number of imidazole rings is 1. The molecular weight excluding hydrogens is 366 g/mol. The normalized spacial score (nSPS) is 11.3. The molecule has 0 aliphatic rings. The largest absolute Gasteiger partial charge is 0.345 e. The van der Waals surface area contributed by atoms with Gasteiger partial charge in [0.2, 0.25) is 5.82 Å². The molecule has 0 saturated heterocycles. The van der Waals surface area contributed by atoms with Crippen LogP contribution in [0.25, 0.3) is 34.0 Å². The number of aromatic amines is 1. The number of fused-ring (bicyclic) bond motifs is 1. The number of H-pyrrole nitrogens is 1. The van der Waals surface area contributed by atoms with Gasteiger partial charge in [0.25, 0.3) is 5.89 Å². The van der Waals surface area contributed by atoms with E-state index in [-0.39, 0.29) is 0 Å². The Balaban J connectivity index is 1.40. The minimum atomic E-state index is 0.312. The molecule has 5 rings (SSSR count). The van der Waals surface area contributed by atoms with E-state index in [0.717, 1.165) is 22.2 Å². The molecule has 0 radical (unpaired) electrons. The van der Waals surface area contributed by atoms with Gasteiger partial charge in [-0.05, 0) is 35.9 Å². The number of aromatic nitrogens is 7. The van der Waals surface area contributed by atoms with Gasteiger partial charge in [-0.15, -0.1) is 5.10 Å². The number of rotatable bonds is 4. The van der Waals surface area contributed by atoms with Crippen molar-refractivity contribution in [2.24, 2.45) is 0 Å². The second-order valence-electron chi connectivity index (χ2n) is 5.99. The zero-order valence-corrected chi connectivity index (χ0v) is 14.6. The standard InChI is InChI=1S/C18H12ClN7O/c19-13-3-1-2-11(6-13)8-26-9-16(23-25-26)18-22-17(24-27-18)12-4-5-14-15(7-12)21-10-20-14/h1-7,9-10H,8H2,(H,20,21). The van der Waals surface area contributed by atoms with Gasteiger partial charge in [0.15, 0.2) is 5.69 Å². The van der Waals surface area contributed by atoms with E-state index in [4.69, 9.17) is 16.1 Å². The van der Waals surface area contributed by atoms with Crippen molar-refractivity contribution >= 4 is 22.6 Å². The highest BCUT2D eigenvalue weighted by Crippen LogP contribution is 2.23. The van der Waals surface area contributed by atoms with Gasteiger partial charge < -0.3 is 9.51 Å². The van der Waals surface area contributed by atoms with Gasteiger partial charge in [0.1, 0.15) is 0 Å². The molecule has 0 aliphatic carbocycles. The highest BCUT2D eigenvalue weighted by atomic mass is 35.5. The summed E-state index contributed by atoms with van der Waals surface area (Å²) in [5.41, 5.74) is 4.15. The van der Waals surface area contributed by atoms with Crippen LogP contribution in [0.1, 0.15) is 5.56 Å². The molecule has 0 aliphatic heterocycles. The van der Waals surface area contributed by atoms with E-state index >= 15 is 0 Å². The Kier molecular flexibility index (Phi) is 3.68. The Morgan fingerprint density at radius 1 is 1.15 bits per heavy atom. The molecule has 132 valence electrons. The number of hydrogen-bond donors (Lipinski definition) is 1. The van der Waals surface area contributed by atoms with Crippen LogP contribution in [0.3, 0.4) is 0 Å². The van der Waals surface area contributed by atoms with Crippen molar-refractivity contribution < 1.29 is 4.52 Å². The topological polar surface area (TPSA) is 98.3 Å². The van der Waals surface area contributed by atoms with Gasteiger partial charge >= 0.3 is 0 Å². The summed E-state index contributed by atoms with van der Waals surface area (Å²) in [5.74, 6) is 0.790. The number of nitrogens with one attached hydrogen (secondary N) is 1. The molecule has 2 aromatic carbocycles. The molecule has 27 heavy (non-hydrogen) atoms. The highest BCUT2D eigenvalue weighted by Gasteiger charge is 2.15. The first-order valence-corrected chi connectivity index (χ1v) is 8.54. The quantitative estimate of drug-likeness (QED) is 0.514. The molecule has 0 unspecified atom stereocenters. The molecule has 3 heterocycles. The Bertz CT molecular complexity index is 1240. The monoisotopic (exact) mass is 377 g/mol. The molecule has 0 amide bonds. The van der Waals surface area contributed by atoms with Gasteiger partial charge in [-0.3, -0.25) is 0 Å². The fraction of sp³-hybridized carbons (Fsp3) is 0.0556. The molecule has 0 fully saturated rings. The SMILES string of the molecule is Clc1cccc(Cn2cc(-c3nc(-c4ccc5nc[nH]c5c4)no3)nn2)c1. The molecule has 0 atom stereocenters. The Morgan fingerprint density at radius 3 is 3.04 bits per heavy atom. The highest BCUT2D eigenvalue weighted by molar-refractivity contribution is 6.30. The van der Waals surface area contributed by atoms with Crippen molar-refractivity contribution in [1.29, 1.82) is 0 Å². The van der Waals surface area contributed by atoms with Crippen LogP contribution in [0.2, 0.25) is 5.02 Å². The lowest BCUT2D eigenvalue weighted by Crippen LogP contribution is -2.00. The smallest absolute Gasteiger partial charge is 0.280 e. The van der Waals surface area contributed by atoms with Gasteiger partial charge in [-0.25, -0.2) is 9.67 Å². The first-order valence-electron chi connectivity index (χ1n) is 8.17. The maximum atomic E-state index is 6.02. The van der Waals surface area contributed by atoms with Crippen molar-refractivity contribution in [2.45, 2.75) is 6.54 Å². The van der Waals surface area contributed by atoms with Crippen LogP contribution < -0.4 is 0 Å². The zero-order valence-electron chi connectivity index (χ0n) is 13.9. The predicted molar refractivity (Wildman–Crippen MR) is 99.0 cm³/mol. The second-order valence-corrected chi connectivity index (χ2v) is 6.43. The molecule has 9 heteroatoms. The maximum absolute atomic E-state index is 6.02. The van der Waals surface area contributed by atoms with Crippen molar-refractivity contribution in [1.82, 2.24) is 35.1 Å². The van der Waals surface area contributed by atoms with Crippen LogP contribution >= 0.6 is 11.6 Å². The van der Waals surface area contributed by atoms with Gasteiger partial charge in [0.05, 0.1) is 30.1 Å². The van der Waals surface area contributed by atoms with E-state index in [1.54, 1.807) is 17.2 Å². The third kappa shape index (κ3) is 3.06. The minimum absolute atomic E-state index is 0.312. The third-order valence-electron chi connectivity index (χ3n) is 4.10. The molecule has 3 aromatic heterocycles. The molecule has 1 N–H and O–H groups in total. The van der Waals surface area contributed by atoms with Gasteiger partial charge in [0, 0.05) is 10.6 Å². The van der Waals surface area contributed by atoms with Crippen LogP contribution in [0.15, 0.2) is 59.5 Å². The number of nitrogens with zero attached hydrogens (tertiary/aromatic N) is 6. The van der Waals surface area contributed by atoms with E-state index in [0.29, 0.717) is 29.0 Å². The van der Waals surface area contributed by atoms with Crippen molar-refractivity contribution in [3.63, 3.8) is 0 Å². The zero-order chi connectivity index (χ0) is 18.2. The summed E-state index contributed by atoms with van der Waals surface area (Å²) in [4.78, 5) is 11.7. The van der Waals surface area contributed by atoms with Crippen molar-refractivity contribution in [2.75, 3.05) is 0 Å². The molecule has 0 saturated carbocycles. The third-order valence-corrected chi connectivity index (χ3v) is 4.33. The summed E-state index contributed by atoms with van der Waals surface area (Å²) in [6, 6.07) is 13.3. The molecule has 5 aromatic rings. The molecule has 8 nitrogen and oxygen atoms in total. The Hall–Kier alpha value is -3.52.